The lowest BCUT2D eigenvalue weighted by molar-refractivity contribution is -0.178. The lowest BCUT2D eigenvalue weighted by Gasteiger charge is -2.66. The summed E-state index contributed by atoms with van der Waals surface area (Å²) in [4.78, 5) is 28.7. The highest BCUT2D eigenvalue weighted by Crippen LogP contribution is 2.72. The van der Waals surface area contributed by atoms with Gasteiger partial charge in [0, 0.05) is 7.11 Å². The molecule has 300 valence electrons. The van der Waals surface area contributed by atoms with Crippen LogP contribution in [0.2, 0.25) is 0 Å². The van der Waals surface area contributed by atoms with E-state index >= 15 is 0 Å². The summed E-state index contributed by atoms with van der Waals surface area (Å²) in [5.74, 6) is 1.14. The zero-order chi connectivity index (χ0) is 40.3. The highest BCUT2D eigenvalue weighted by atomic mass is 16.5. The number of para-hydroxylation sites is 1. The van der Waals surface area contributed by atoms with E-state index in [0.717, 1.165) is 38.5 Å². The Labute approximate surface area is 326 Å². The van der Waals surface area contributed by atoms with Crippen molar-refractivity contribution in [3.63, 3.8) is 0 Å². The van der Waals surface area contributed by atoms with Gasteiger partial charge in [0.25, 0.3) is 0 Å². The second kappa shape index (κ2) is 12.7. The minimum absolute atomic E-state index is 0.0400. The van der Waals surface area contributed by atoms with E-state index in [-0.39, 0.29) is 67.2 Å². The number of H-pyrrole nitrogens is 1. The average Bonchev–Trinajstić information content (AvgIpc) is 3.59. The number of hydrogen-bond donors (Lipinski definition) is 2. The number of methoxy groups -OCH3 is 1. The number of aromatic amines is 1. The Bertz CT molecular complexity index is 1900. The van der Waals surface area contributed by atoms with Crippen molar-refractivity contribution in [2.45, 2.75) is 153 Å². The fourth-order valence-corrected chi connectivity index (χ4v) is 13.1. The number of hydrogen-bond acceptors (Lipinski definition) is 4. The van der Waals surface area contributed by atoms with E-state index in [9.17, 15) is 14.7 Å². The minimum atomic E-state index is -0.842. The van der Waals surface area contributed by atoms with E-state index in [1.807, 2.05) is 44.2 Å². The molecule has 2 fully saturated rings. The van der Waals surface area contributed by atoms with E-state index in [1.54, 1.807) is 11.8 Å². The van der Waals surface area contributed by atoms with Crippen molar-refractivity contribution < 1.29 is 9.84 Å². The van der Waals surface area contributed by atoms with Crippen molar-refractivity contribution in [1.29, 1.82) is 0 Å². The second-order valence-corrected chi connectivity index (χ2v) is 21.8. The minimum Gasteiger partial charge on any atom is -0.390 e. The van der Waals surface area contributed by atoms with Crippen LogP contribution in [0.4, 0.5) is 0 Å². The maximum absolute atomic E-state index is 14.8. The fraction of sp³-hybridized carbons (Fsp3) is 0.745. The molecule has 0 saturated heterocycles. The summed E-state index contributed by atoms with van der Waals surface area (Å²) in [5.41, 5.74) is -2.78. The van der Waals surface area contributed by atoms with Gasteiger partial charge in [-0.05, 0) is 126 Å². The van der Waals surface area contributed by atoms with Crippen molar-refractivity contribution >= 4 is 0 Å². The molecule has 7 heteroatoms. The number of nitrogens with zero attached hydrogens (tertiary/aromatic N) is 2. The van der Waals surface area contributed by atoms with Crippen molar-refractivity contribution in [1.82, 2.24) is 14.3 Å². The largest absolute Gasteiger partial charge is 0.390 e. The molecular weight excluding hydrogens is 671 g/mol. The first kappa shape index (κ1) is 41.0. The van der Waals surface area contributed by atoms with E-state index < -0.39 is 11.1 Å². The molecule has 1 heterocycles. The summed E-state index contributed by atoms with van der Waals surface area (Å²) in [5, 5.41) is 14.6. The predicted molar refractivity (Wildman–Crippen MR) is 221 cm³/mol. The Morgan fingerprint density at radius 2 is 1.48 bits per heavy atom. The topological polar surface area (TPSA) is 89.2 Å². The molecule has 6 rings (SSSR count). The normalized spacial score (nSPS) is 35.0. The van der Waals surface area contributed by atoms with Gasteiger partial charge in [-0.1, -0.05) is 126 Å². The van der Waals surface area contributed by atoms with Gasteiger partial charge in [-0.3, -0.25) is 0 Å². The zero-order valence-electron chi connectivity index (χ0n) is 36.4. The van der Waals surface area contributed by atoms with Gasteiger partial charge < -0.3 is 9.84 Å². The monoisotopic (exact) mass is 744 g/mol. The molecule has 54 heavy (non-hydrogen) atoms. The molecule has 9 atom stereocenters. The lowest BCUT2D eigenvalue weighted by atomic mass is 9.40. The van der Waals surface area contributed by atoms with Gasteiger partial charge in [0.2, 0.25) is 0 Å². The summed E-state index contributed by atoms with van der Waals surface area (Å²) < 4.78 is 9.00. The van der Waals surface area contributed by atoms with Crippen molar-refractivity contribution in [3.05, 3.63) is 75.6 Å². The number of allylic oxidation sites excluding steroid dienone is 3. The molecule has 0 aliphatic heterocycles. The first-order chi connectivity index (χ1) is 24.7. The van der Waals surface area contributed by atoms with Crippen LogP contribution < -0.4 is 11.4 Å². The molecule has 4 aliphatic rings. The Morgan fingerprint density at radius 1 is 0.852 bits per heavy atom. The maximum Gasteiger partial charge on any atom is 0.352 e. The molecule has 0 bridgehead atoms. The molecule has 2 aromatic rings. The first-order valence-electron chi connectivity index (χ1n) is 20.9. The summed E-state index contributed by atoms with van der Waals surface area (Å²) in [6, 6.07) is 9.34. The lowest BCUT2D eigenvalue weighted by Crippen LogP contribution is -2.66. The summed E-state index contributed by atoms with van der Waals surface area (Å²) in [6.07, 6.45) is 15.5. The molecule has 6 unspecified atom stereocenters. The Hall–Kier alpha value is -2.64. The Kier molecular flexibility index (Phi) is 9.63. The third-order valence-corrected chi connectivity index (χ3v) is 18.8. The number of fused-ring (bicyclic) bond motifs is 5. The van der Waals surface area contributed by atoms with Crippen LogP contribution in [0.5, 0.6) is 0 Å². The predicted octanol–water partition coefficient (Wildman–Crippen LogP) is 9.92. The van der Waals surface area contributed by atoms with E-state index in [0.29, 0.717) is 17.5 Å². The Morgan fingerprint density at radius 3 is 2.07 bits per heavy atom. The van der Waals surface area contributed by atoms with Crippen molar-refractivity contribution in [2.75, 3.05) is 7.11 Å². The van der Waals surface area contributed by atoms with Crippen LogP contribution in [0, 0.1) is 61.6 Å². The van der Waals surface area contributed by atoms with Crippen LogP contribution in [-0.4, -0.2) is 38.3 Å². The van der Waals surface area contributed by atoms with Gasteiger partial charge in [0.15, 0.2) is 0 Å². The van der Waals surface area contributed by atoms with E-state index in [4.69, 9.17) is 4.74 Å². The third-order valence-electron chi connectivity index (χ3n) is 18.8. The van der Waals surface area contributed by atoms with Crippen LogP contribution in [0.3, 0.4) is 0 Å². The summed E-state index contributed by atoms with van der Waals surface area (Å²) >= 11 is 0. The van der Waals surface area contributed by atoms with Crippen LogP contribution in [-0.2, 0) is 10.3 Å². The fourth-order valence-electron chi connectivity index (χ4n) is 13.1. The van der Waals surface area contributed by atoms with E-state index in [1.165, 1.54) is 4.57 Å². The first-order valence-corrected chi connectivity index (χ1v) is 20.9. The highest BCUT2D eigenvalue weighted by Gasteiger charge is 2.69. The number of rotatable bonds is 10. The smallest absolute Gasteiger partial charge is 0.352 e. The second-order valence-electron chi connectivity index (χ2n) is 21.8. The van der Waals surface area contributed by atoms with Gasteiger partial charge in [0.1, 0.15) is 0 Å². The molecule has 2 saturated carbocycles. The van der Waals surface area contributed by atoms with Crippen LogP contribution >= 0.6 is 0 Å². The van der Waals surface area contributed by atoms with E-state index in [2.05, 4.69) is 112 Å². The van der Waals surface area contributed by atoms with Gasteiger partial charge >= 0.3 is 11.4 Å². The van der Waals surface area contributed by atoms with Gasteiger partial charge in [-0.2, -0.15) is 0 Å². The zero-order valence-corrected chi connectivity index (χ0v) is 36.4. The van der Waals surface area contributed by atoms with Crippen LogP contribution in [0.25, 0.3) is 5.69 Å². The molecule has 1 aromatic heterocycles. The molecule has 0 spiro atoms. The number of aromatic nitrogens is 3. The molecule has 2 N–H and O–H groups in total. The van der Waals surface area contributed by atoms with Gasteiger partial charge in [0.05, 0.1) is 22.9 Å². The molecule has 4 aliphatic carbocycles. The molecule has 0 amide bonds. The molecule has 0 radical (unpaired) electrons. The number of aliphatic hydroxyl groups is 1. The average molecular weight is 744 g/mol. The molecule has 7 nitrogen and oxygen atoms in total. The summed E-state index contributed by atoms with van der Waals surface area (Å²) in [6.45, 7) is 32.6. The number of ether oxygens (including phenoxy) is 1. The van der Waals surface area contributed by atoms with Gasteiger partial charge in [-0.15, -0.1) is 0 Å². The van der Waals surface area contributed by atoms with Crippen molar-refractivity contribution in [2.24, 2.45) is 61.6 Å². The van der Waals surface area contributed by atoms with Crippen molar-refractivity contribution in [3.8, 4) is 5.69 Å². The Balaban J connectivity index is 1.45. The van der Waals surface area contributed by atoms with Crippen LogP contribution in [0.1, 0.15) is 135 Å². The highest BCUT2D eigenvalue weighted by molar-refractivity contribution is 5.35. The van der Waals surface area contributed by atoms with Crippen LogP contribution in [0.15, 0.2) is 64.2 Å². The standard InChI is InChI=1S/C47H73N3O4/c1-31(29-39(2,3)40(4,5)41(6,7)42(8,9)43(10,11)53)34-21-22-35-45(34,13)25-24-36-46(14)26-23-33(54-15)30-44(46,12)27-28-47(35,36)50-38(52)49(37(51)48-50)32-19-17-16-18-20-32/h16-20,23,26-28,31,33-36,53H,21-22,24-25,29-30H2,1-15H3,(H,48,51)/t31?,33?,34?,35?,36?,44-,45+,46+,47?/m0/s1. The maximum atomic E-state index is 14.8. The van der Waals surface area contributed by atoms with Gasteiger partial charge in [-0.25, -0.2) is 23.9 Å². The summed E-state index contributed by atoms with van der Waals surface area (Å²) in [7, 11) is 1.79. The number of benzene rings is 1. The molecule has 1 aromatic carbocycles. The third kappa shape index (κ3) is 5.39. The quantitative estimate of drug-likeness (QED) is 0.237. The number of nitrogens with one attached hydrogen (secondary N) is 1. The molecular formula is C47H73N3O4. The SMILES string of the molecule is COC1C=C[C@]2(C)C3CC[C@]4(C)C(C(C)CC(C)(C)C(C)(C)C(C)(C)C(C)(C)C(C)(C)O)CCC4C3(n3[nH]c(=O)n(-c4ccccc4)c3=O)C=C[C@@]2(C)C1.